The quantitative estimate of drug-likeness (QED) is 0.814. The molecule has 4 heteroatoms. The molecule has 1 heterocycles. The molecular formula is C13H21N3O. The van der Waals surface area contributed by atoms with Crippen molar-refractivity contribution >= 4 is 5.91 Å². The van der Waals surface area contributed by atoms with Crippen LogP contribution in [-0.2, 0) is 4.79 Å². The molecule has 1 atom stereocenters. The number of rotatable bonds is 6. The lowest BCUT2D eigenvalue weighted by molar-refractivity contribution is -0.129. The molecule has 0 unspecified atom stereocenters. The van der Waals surface area contributed by atoms with Gasteiger partial charge in [-0.1, -0.05) is 6.07 Å². The number of pyridine rings is 1. The minimum atomic E-state index is 0.0933. The molecule has 0 aliphatic rings. The first-order chi connectivity index (χ1) is 8.19. The van der Waals surface area contributed by atoms with Crippen LogP contribution >= 0.6 is 0 Å². The minimum absolute atomic E-state index is 0.0933. The summed E-state index contributed by atoms with van der Waals surface area (Å²) < 4.78 is 0. The van der Waals surface area contributed by atoms with Crippen LogP contribution in [0.15, 0.2) is 24.4 Å². The molecule has 0 aliphatic carbocycles. The van der Waals surface area contributed by atoms with E-state index in [1.165, 1.54) is 0 Å². The van der Waals surface area contributed by atoms with Gasteiger partial charge in [-0.05, 0) is 32.9 Å². The number of hydrogen-bond acceptors (Lipinski definition) is 3. The summed E-state index contributed by atoms with van der Waals surface area (Å²) >= 11 is 0. The fourth-order valence-electron chi connectivity index (χ4n) is 1.67. The molecule has 0 fully saturated rings. The number of carbonyl (C=O) groups excluding carboxylic acids is 1. The van der Waals surface area contributed by atoms with E-state index >= 15 is 0 Å². The molecule has 0 saturated carbocycles. The Balaban J connectivity index is 2.43. The summed E-state index contributed by atoms with van der Waals surface area (Å²) in [7, 11) is 0. The van der Waals surface area contributed by atoms with E-state index in [2.05, 4.69) is 10.3 Å². The van der Waals surface area contributed by atoms with Gasteiger partial charge in [-0.2, -0.15) is 0 Å². The highest BCUT2D eigenvalue weighted by molar-refractivity contribution is 5.78. The average Bonchev–Trinajstić information content (AvgIpc) is 2.38. The van der Waals surface area contributed by atoms with Crippen molar-refractivity contribution in [3.63, 3.8) is 0 Å². The van der Waals surface area contributed by atoms with E-state index in [0.29, 0.717) is 6.54 Å². The van der Waals surface area contributed by atoms with Crippen LogP contribution in [0.4, 0.5) is 0 Å². The second-order valence-electron chi connectivity index (χ2n) is 3.92. The standard InChI is InChI=1S/C13H21N3O/c1-4-16(5-2)13(17)10-15-11(3)12-8-6-7-9-14-12/h6-9,11,15H,4-5,10H2,1-3H3/t11-/m0/s1. The van der Waals surface area contributed by atoms with E-state index in [1.807, 2.05) is 43.9 Å². The Hall–Kier alpha value is -1.42. The largest absolute Gasteiger partial charge is 0.342 e. The van der Waals surface area contributed by atoms with E-state index in [4.69, 9.17) is 0 Å². The average molecular weight is 235 g/mol. The summed E-state index contributed by atoms with van der Waals surface area (Å²) in [5, 5.41) is 3.19. The Bertz CT molecular complexity index is 336. The third-order valence-corrected chi connectivity index (χ3v) is 2.81. The zero-order valence-electron chi connectivity index (χ0n) is 10.8. The van der Waals surface area contributed by atoms with Crippen molar-refractivity contribution in [2.45, 2.75) is 26.8 Å². The fourth-order valence-corrected chi connectivity index (χ4v) is 1.67. The molecule has 17 heavy (non-hydrogen) atoms. The van der Waals surface area contributed by atoms with Crippen molar-refractivity contribution in [3.05, 3.63) is 30.1 Å². The lowest BCUT2D eigenvalue weighted by Gasteiger charge is -2.20. The molecule has 0 radical (unpaired) electrons. The Morgan fingerprint density at radius 2 is 2.12 bits per heavy atom. The Labute approximate surface area is 103 Å². The number of aromatic nitrogens is 1. The first-order valence-corrected chi connectivity index (χ1v) is 6.11. The van der Waals surface area contributed by atoms with Crippen LogP contribution < -0.4 is 5.32 Å². The van der Waals surface area contributed by atoms with Crippen molar-refractivity contribution in [3.8, 4) is 0 Å². The Morgan fingerprint density at radius 3 is 2.65 bits per heavy atom. The topological polar surface area (TPSA) is 45.2 Å². The third-order valence-electron chi connectivity index (χ3n) is 2.81. The maximum atomic E-state index is 11.8. The summed E-state index contributed by atoms with van der Waals surface area (Å²) in [4.78, 5) is 17.9. The molecular weight excluding hydrogens is 214 g/mol. The SMILES string of the molecule is CCN(CC)C(=O)CN[C@@H](C)c1ccccn1. The second kappa shape index (κ2) is 7.01. The Kier molecular flexibility index (Phi) is 5.63. The van der Waals surface area contributed by atoms with Crippen LogP contribution in [0, 0.1) is 0 Å². The number of hydrogen-bond donors (Lipinski definition) is 1. The van der Waals surface area contributed by atoms with Gasteiger partial charge in [-0.3, -0.25) is 9.78 Å². The van der Waals surface area contributed by atoms with Crippen LogP contribution in [0.2, 0.25) is 0 Å². The first-order valence-electron chi connectivity index (χ1n) is 6.11. The maximum absolute atomic E-state index is 11.8. The van der Waals surface area contributed by atoms with E-state index in [-0.39, 0.29) is 11.9 Å². The summed E-state index contributed by atoms with van der Waals surface area (Å²) in [5.41, 5.74) is 0.958. The van der Waals surface area contributed by atoms with Crippen molar-refractivity contribution < 1.29 is 4.79 Å². The molecule has 0 aromatic carbocycles. The molecule has 1 aromatic heterocycles. The fraction of sp³-hybridized carbons (Fsp3) is 0.538. The predicted octanol–water partition coefficient (Wildman–Crippen LogP) is 1.60. The monoisotopic (exact) mass is 235 g/mol. The summed E-state index contributed by atoms with van der Waals surface area (Å²) in [5.74, 6) is 0.137. The number of carbonyl (C=O) groups is 1. The molecule has 0 spiro atoms. The zero-order chi connectivity index (χ0) is 12.7. The lowest BCUT2D eigenvalue weighted by Crippen LogP contribution is -2.38. The number of nitrogens with zero attached hydrogens (tertiary/aromatic N) is 2. The van der Waals surface area contributed by atoms with Gasteiger partial charge in [0.15, 0.2) is 0 Å². The number of likely N-dealkylation sites (N-methyl/N-ethyl adjacent to an activating group) is 1. The van der Waals surface area contributed by atoms with Gasteiger partial charge in [0.2, 0.25) is 5.91 Å². The van der Waals surface area contributed by atoms with E-state index in [0.717, 1.165) is 18.8 Å². The third kappa shape index (κ3) is 4.15. The normalized spacial score (nSPS) is 12.2. The molecule has 1 amide bonds. The van der Waals surface area contributed by atoms with Crippen LogP contribution in [0.5, 0.6) is 0 Å². The van der Waals surface area contributed by atoms with Gasteiger partial charge in [-0.15, -0.1) is 0 Å². The molecule has 4 nitrogen and oxygen atoms in total. The van der Waals surface area contributed by atoms with Crippen molar-refractivity contribution in [2.24, 2.45) is 0 Å². The van der Waals surface area contributed by atoms with Gasteiger partial charge in [-0.25, -0.2) is 0 Å². The molecule has 94 valence electrons. The van der Waals surface area contributed by atoms with E-state index in [1.54, 1.807) is 6.20 Å². The molecule has 1 aromatic rings. The lowest BCUT2D eigenvalue weighted by atomic mass is 10.2. The molecule has 0 bridgehead atoms. The summed E-state index contributed by atoms with van der Waals surface area (Å²) in [6.45, 7) is 7.87. The molecule has 0 saturated heterocycles. The number of nitrogens with one attached hydrogen (secondary N) is 1. The smallest absolute Gasteiger partial charge is 0.236 e. The van der Waals surface area contributed by atoms with Crippen molar-refractivity contribution in [1.29, 1.82) is 0 Å². The highest BCUT2D eigenvalue weighted by Crippen LogP contribution is 2.07. The maximum Gasteiger partial charge on any atom is 0.236 e. The molecule has 0 aliphatic heterocycles. The molecule has 1 rings (SSSR count). The first kappa shape index (κ1) is 13.6. The Morgan fingerprint density at radius 1 is 1.41 bits per heavy atom. The predicted molar refractivity (Wildman–Crippen MR) is 68.6 cm³/mol. The van der Waals surface area contributed by atoms with Gasteiger partial charge in [0.1, 0.15) is 0 Å². The van der Waals surface area contributed by atoms with Gasteiger partial charge in [0, 0.05) is 25.3 Å². The van der Waals surface area contributed by atoms with Crippen molar-refractivity contribution in [1.82, 2.24) is 15.2 Å². The molecule has 1 N–H and O–H groups in total. The van der Waals surface area contributed by atoms with Crippen molar-refractivity contribution in [2.75, 3.05) is 19.6 Å². The summed E-state index contributed by atoms with van der Waals surface area (Å²) in [6.07, 6.45) is 1.76. The van der Waals surface area contributed by atoms with E-state index < -0.39 is 0 Å². The number of amides is 1. The van der Waals surface area contributed by atoms with Gasteiger partial charge in [0.05, 0.1) is 12.2 Å². The van der Waals surface area contributed by atoms with Crippen LogP contribution in [0.25, 0.3) is 0 Å². The minimum Gasteiger partial charge on any atom is -0.342 e. The van der Waals surface area contributed by atoms with E-state index in [9.17, 15) is 4.79 Å². The highest BCUT2D eigenvalue weighted by atomic mass is 16.2. The second-order valence-corrected chi connectivity index (χ2v) is 3.92. The highest BCUT2D eigenvalue weighted by Gasteiger charge is 2.11. The van der Waals surface area contributed by atoms with Gasteiger partial charge < -0.3 is 10.2 Å². The van der Waals surface area contributed by atoms with Gasteiger partial charge in [0.25, 0.3) is 0 Å². The summed E-state index contributed by atoms with van der Waals surface area (Å²) in [6, 6.07) is 5.89. The van der Waals surface area contributed by atoms with Crippen LogP contribution in [0.1, 0.15) is 32.5 Å². The van der Waals surface area contributed by atoms with Gasteiger partial charge >= 0.3 is 0 Å². The van der Waals surface area contributed by atoms with Crippen LogP contribution in [-0.4, -0.2) is 35.4 Å². The zero-order valence-corrected chi connectivity index (χ0v) is 10.8. The van der Waals surface area contributed by atoms with Crippen LogP contribution in [0.3, 0.4) is 0 Å².